The molecule has 0 saturated carbocycles. The van der Waals surface area contributed by atoms with E-state index in [0.717, 1.165) is 42.5 Å². The van der Waals surface area contributed by atoms with Gasteiger partial charge in [0.2, 0.25) is 5.78 Å². The van der Waals surface area contributed by atoms with E-state index in [1.54, 1.807) is 30.3 Å². The number of carbonyl (C=O) groups excluding carboxylic acids is 2. The molecule has 8 N–H and O–H groups in total. The van der Waals surface area contributed by atoms with Crippen molar-refractivity contribution in [3.8, 4) is 0 Å². The van der Waals surface area contributed by atoms with Crippen LogP contribution in [0.2, 0.25) is 0 Å². The van der Waals surface area contributed by atoms with Gasteiger partial charge >= 0.3 is 0 Å². The van der Waals surface area contributed by atoms with Crippen LogP contribution in [-0.2, 0) is 40.5 Å². The Morgan fingerprint density at radius 2 is 1.13 bits per heavy atom. The van der Waals surface area contributed by atoms with Gasteiger partial charge in [-0.05, 0) is 109 Å². The third-order valence-corrected chi connectivity index (χ3v) is 13.7. The summed E-state index contributed by atoms with van der Waals surface area (Å²) in [5, 5.41) is 23.8. The SMILES string of the molecule is Nc1ccc(N=Nc2ccc(N=Nc3ccc(N/N=C4\C(=O)c5ccc(NC(=O)c6ccccc6)cc5C=C4S(=O)(=O)O)c4ccc(S(=O)(=O)O)cc34)c3ccc(S(=O)(=O)O)cc23)cc1S(=O)(=O)O. The maximum absolute atomic E-state index is 13.8. The highest BCUT2D eigenvalue weighted by Crippen LogP contribution is 2.40. The number of azo groups is 2. The molecule has 0 bridgehead atoms. The average Bonchev–Trinajstić information content (AvgIpc) is 3.29. The van der Waals surface area contributed by atoms with Gasteiger partial charge in [-0.25, -0.2) is 0 Å². The van der Waals surface area contributed by atoms with Crippen LogP contribution in [0.25, 0.3) is 27.6 Å². The summed E-state index contributed by atoms with van der Waals surface area (Å²) in [6.45, 7) is 0. The summed E-state index contributed by atoms with van der Waals surface area (Å²) in [6, 6.07) is 27.8. The molecule has 0 unspecified atom stereocenters. The molecule has 1 amide bonds. The Kier molecular flexibility index (Phi) is 12.4. The maximum atomic E-state index is 13.8. The number of nitrogen functional groups attached to an aromatic ring is 1. The summed E-state index contributed by atoms with van der Waals surface area (Å²) in [4.78, 5) is 23.9. The highest BCUT2D eigenvalue weighted by atomic mass is 32.2. The van der Waals surface area contributed by atoms with Crippen LogP contribution in [0.5, 0.6) is 0 Å². The van der Waals surface area contributed by atoms with Crippen molar-refractivity contribution >= 4 is 125 Å². The molecule has 0 atom stereocenters. The molecule has 0 fully saturated rings. The van der Waals surface area contributed by atoms with Gasteiger partial charge in [0.25, 0.3) is 46.4 Å². The molecule has 22 nitrogen and oxygen atoms in total. The molecule has 0 radical (unpaired) electrons. The first-order chi connectivity index (χ1) is 32.5. The minimum absolute atomic E-state index is 0.00571. The molecule has 1 aliphatic carbocycles. The van der Waals surface area contributed by atoms with Crippen LogP contribution in [0.15, 0.2) is 173 Å². The largest absolute Gasteiger partial charge is 0.398 e. The highest BCUT2D eigenvalue weighted by molar-refractivity contribution is 7.91. The van der Waals surface area contributed by atoms with E-state index in [4.69, 9.17) is 5.73 Å². The molecule has 350 valence electrons. The number of rotatable bonds is 12. The van der Waals surface area contributed by atoms with Crippen molar-refractivity contribution in [3.05, 3.63) is 149 Å². The average molecular weight is 1010 g/mol. The number of carbonyl (C=O) groups is 2. The number of ketones is 1. The highest BCUT2D eigenvalue weighted by Gasteiger charge is 2.33. The van der Waals surface area contributed by atoms with Crippen molar-refractivity contribution in [3.63, 3.8) is 0 Å². The molecule has 0 spiro atoms. The number of anilines is 3. The predicted octanol–water partition coefficient (Wildman–Crippen LogP) is 8.29. The molecule has 8 rings (SSSR count). The monoisotopic (exact) mass is 1010 g/mol. The van der Waals surface area contributed by atoms with Gasteiger partial charge in [0.05, 0.1) is 43.9 Å². The lowest BCUT2D eigenvalue weighted by atomic mass is 9.94. The topological polar surface area (TPSA) is 363 Å². The van der Waals surface area contributed by atoms with Crippen LogP contribution in [0.3, 0.4) is 0 Å². The molecule has 0 aromatic heterocycles. The first kappa shape index (κ1) is 47.5. The Morgan fingerprint density at radius 1 is 0.551 bits per heavy atom. The minimum Gasteiger partial charge on any atom is -0.398 e. The first-order valence-electron chi connectivity index (χ1n) is 19.3. The molecule has 1 aliphatic rings. The van der Waals surface area contributed by atoms with Gasteiger partial charge in [-0.15, -0.1) is 15.3 Å². The van der Waals surface area contributed by atoms with Crippen molar-refractivity contribution in [2.45, 2.75) is 14.7 Å². The lowest BCUT2D eigenvalue weighted by Gasteiger charge is -2.18. The maximum Gasteiger partial charge on any atom is 0.296 e. The predicted molar refractivity (Wildman–Crippen MR) is 252 cm³/mol. The molecule has 0 aliphatic heterocycles. The minimum atomic E-state index is -5.12. The van der Waals surface area contributed by atoms with Crippen molar-refractivity contribution in [2.24, 2.45) is 25.6 Å². The Morgan fingerprint density at radius 3 is 1.74 bits per heavy atom. The molecule has 7 aromatic carbocycles. The summed E-state index contributed by atoms with van der Waals surface area (Å²) in [5.41, 5.74) is 7.77. The fraction of sp³-hybridized carbons (Fsp3) is 0. The van der Waals surface area contributed by atoms with Crippen LogP contribution in [0.1, 0.15) is 26.3 Å². The second kappa shape index (κ2) is 17.9. The van der Waals surface area contributed by atoms with E-state index in [2.05, 4.69) is 36.3 Å². The lowest BCUT2D eigenvalue weighted by molar-refractivity contribution is 0.102. The smallest absolute Gasteiger partial charge is 0.296 e. The Bertz CT molecular complexity index is 3960. The van der Waals surface area contributed by atoms with E-state index in [1.807, 2.05) is 0 Å². The fourth-order valence-electron chi connectivity index (χ4n) is 6.94. The van der Waals surface area contributed by atoms with E-state index in [-0.39, 0.29) is 72.5 Å². The number of hydrogen-bond donors (Lipinski definition) is 7. The quantitative estimate of drug-likeness (QED) is 0.0262. The van der Waals surface area contributed by atoms with E-state index in [1.165, 1.54) is 60.7 Å². The van der Waals surface area contributed by atoms with Gasteiger partial charge < -0.3 is 11.1 Å². The molecule has 69 heavy (non-hydrogen) atoms. The van der Waals surface area contributed by atoms with Crippen molar-refractivity contribution in [2.75, 3.05) is 16.5 Å². The summed E-state index contributed by atoms with van der Waals surface area (Å²) in [6.07, 6.45) is 0.995. The Balaban J connectivity index is 1.16. The normalized spacial score (nSPS) is 14.1. The van der Waals surface area contributed by atoms with Crippen LogP contribution in [-0.4, -0.2) is 69.3 Å². The molecule has 7 aromatic rings. The lowest BCUT2D eigenvalue weighted by Crippen LogP contribution is -2.27. The van der Waals surface area contributed by atoms with Gasteiger partial charge in [-0.1, -0.05) is 30.3 Å². The third-order valence-electron chi connectivity index (χ3n) is 10.2. The van der Waals surface area contributed by atoms with E-state index in [0.29, 0.717) is 5.56 Å². The van der Waals surface area contributed by atoms with Crippen molar-refractivity contribution in [1.82, 2.24) is 0 Å². The fourth-order valence-corrected chi connectivity index (χ4v) is 9.25. The zero-order valence-corrected chi connectivity index (χ0v) is 37.8. The molecule has 0 heterocycles. The number of amides is 1. The molecule has 26 heteroatoms. The number of hydrazone groups is 1. The first-order valence-corrected chi connectivity index (χ1v) is 25.1. The molecular weight excluding hydrogens is 981 g/mol. The standard InChI is InChI=1S/C43H30N8O14S4/c44-34-13-7-26(20-39(34)68(60,61)62)46-47-37-16-14-35(30-11-8-27(21-32(30)37)66(54,55)56)48-49-38-17-15-36(31-12-9-28(22-33(31)38)67(57,58)59)50-51-41-40(69(63,64)65)19-24-18-25(6-10-29(24)42(41)52)45-43(53)23-4-2-1-3-5-23/h1-22,50H,44H2,(H,45,53)(H,54,55,56)(H,57,58,59)(H,60,61,62)(H,63,64,65)/b47-46?,49-48?,51-41-. The van der Waals surface area contributed by atoms with Gasteiger partial charge in [0.15, 0.2) is 5.71 Å². The number of allylic oxidation sites excluding steroid dienone is 1. The molecular formula is C43H30N8O14S4. The van der Waals surface area contributed by atoms with E-state index >= 15 is 0 Å². The van der Waals surface area contributed by atoms with Crippen LogP contribution >= 0.6 is 0 Å². The zero-order chi connectivity index (χ0) is 49.6. The van der Waals surface area contributed by atoms with Crippen LogP contribution < -0.4 is 16.5 Å². The number of nitrogens with two attached hydrogens (primary N) is 1. The van der Waals surface area contributed by atoms with E-state index < -0.39 is 77.5 Å². The second-order valence-corrected chi connectivity index (χ2v) is 20.3. The third kappa shape index (κ3) is 10.2. The number of Topliss-reactive ketones (excluding diaryl/α,β-unsaturated/α-hetero) is 1. The summed E-state index contributed by atoms with van der Waals surface area (Å²) < 4.78 is 137. The Labute approximate surface area is 390 Å². The summed E-state index contributed by atoms with van der Waals surface area (Å²) in [5.74, 6) is -1.41. The number of nitrogens with one attached hydrogen (secondary N) is 2. The van der Waals surface area contributed by atoms with Gasteiger partial charge in [-0.3, -0.25) is 33.2 Å². The number of benzene rings is 7. The van der Waals surface area contributed by atoms with Crippen LogP contribution in [0, 0.1) is 0 Å². The van der Waals surface area contributed by atoms with E-state index in [9.17, 15) is 61.5 Å². The number of fused-ring (bicyclic) bond motifs is 3. The zero-order valence-electron chi connectivity index (χ0n) is 34.5. The van der Waals surface area contributed by atoms with Gasteiger partial charge in [0.1, 0.15) is 9.80 Å². The Hall–Kier alpha value is -7.95. The van der Waals surface area contributed by atoms with Gasteiger partial charge in [-0.2, -0.15) is 43.9 Å². The van der Waals surface area contributed by atoms with Gasteiger partial charge in [0, 0.05) is 38.4 Å². The summed E-state index contributed by atoms with van der Waals surface area (Å²) in [7, 11) is -19.4. The van der Waals surface area contributed by atoms with Crippen molar-refractivity contribution in [1.29, 1.82) is 0 Å². The van der Waals surface area contributed by atoms with Crippen molar-refractivity contribution < 1.29 is 61.5 Å². The van der Waals surface area contributed by atoms with Crippen LogP contribution in [0.4, 0.5) is 39.8 Å². The molecule has 0 saturated heterocycles. The second-order valence-electron chi connectivity index (χ2n) is 14.7. The number of nitrogens with zero attached hydrogens (tertiary/aromatic N) is 5. The number of hydrogen-bond acceptors (Lipinski definition) is 17. The summed E-state index contributed by atoms with van der Waals surface area (Å²) >= 11 is 0.